The van der Waals surface area contributed by atoms with Crippen LogP contribution in [-0.4, -0.2) is 45.5 Å². The summed E-state index contributed by atoms with van der Waals surface area (Å²) in [5, 5.41) is 8.10. The lowest BCUT2D eigenvalue weighted by molar-refractivity contribution is -0.885. The number of benzene rings is 2. The topological polar surface area (TPSA) is 101 Å². The number of likely N-dealkylation sites (N-methyl/N-ethyl adjacent to an activating group) is 1. The summed E-state index contributed by atoms with van der Waals surface area (Å²) >= 11 is 0. The van der Waals surface area contributed by atoms with Gasteiger partial charge in [-0.1, -0.05) is 12.1 Å². The second-order valence-corrected chi connectivity index (χ2v) is 6.73. The maximum atomic E-state index is 12.5. The van der Waals surface area contributed by atoms with Crippen molar-refractivity contribution in [2.24, 2.45) is 0 Å². The van der Waals surface area contributed by atoms with E-state index in [1.54, 1.807) is 37.4 Å². The summed E-state index contributed by atoms with van der Waals surface area (Å²) in [4.78, 5) is 36.3. The van der Waals surface area contributed by atoms with E-state index in [9.17, 15) is 14.4 Å². The molecule has 0 radical (unpaired) electrons. The molecule has 0 bridgehead atoms. The lowest BCUT2D eigenvalue weighted by atomic mass is 10.1. The van der Waals surface area contributed by atoms with Gasteiger partial charge in [0, 0.05) is 30.8 Å². The van der Waals surface area contributed by atoms with Crippen molar-refractivity contribution in [1.82, 2.24) is 5.32 Å². The monoisotopic (exact) mass is 399 g/mol. The Morgan fingerprint density at radius 3 is 2.31 bits per heavy atom. The highest BCUT2D eigenvalue weighted by molar-refractivity contribution is 5.95. The molecule has 0 aliphatic rings. The first-order chi connectivity index (χ1) is 13.8. The van der Waals surface area contributed by atoms with Crippen molar-refractivity contribution >= 4 is 29.1 Å². The molecule has 0 spiro atoms. The molecule has 1 unspecified atom stereocenters. The van der Waals surface area contributed by atoms with Gasteiger partial charge in [0.1, 0.15) is 12.3 Å². The van der Waals surface area contributed by atoms with Crippen molar-refractivity contribution < 1.29 is 24.0 Å². The van der Waals surface area contributed by atoms with Crippen molar-refractivity contribution in [2.75, 3.05) is 38.4 Å². The van der Waals surface area contributed by atoms with Crippen LogP contribution in [0.15, 0.2) is 42.5 Å². The van der Waals surface area contributed by atoms with Crippen molar-refractivity contribution in [1.29, 1.82) is 0 Å². The van der Waals surface area contributed by atoms with E-state index < -0.39 is 0 Å². The first-order valence-corrected chi connectivity index (χ1v) is 9.20. The van der Waals surface area contributed by atoms with Crippen LogP contribution in [-0.2, 0) is 16.1 Å². The Hall–Kier alpha value is -3.39. The van der Waals surface area contributed by atoms with Crippen LogP contribution < -0.4 is 25.6 Å². The zero-order chi connectivity index (χ0) is 21.4. The Labute approximate surface area is 170 Å². The maximum Gasteiger partial charge on any atom is 0.279 e. The van der Waals surface area contributed by atoms with Crippen LogP contribution in [0.2, 0.25) is 0 Å². The number of anilines is 2. The van der Waals surface area contributed by atoms with Crippen LogP contribution in [0.5, 0.6) is 5.75 Å². The molecule has 8 nitrogen and oxygen atoms in total. The molecule has 0 fully saturated rings. The van der Waals surface area contributed by atoms with Crippen LogP contribution in [0, 0.1) is 0 Å². The molecule has 2 aromatic rings. The van der Waals surface area contributed by atoms with E-state index in [-0.39, 0.29) is 24.3 Å². The van der Waals surface area contributed by atoms with Crippen LogP contribution in [0.3, 0.4) is 0 Å². The summed E-state index contributed by atoms with van der Waals surface area (Å²) in [5.41, 5.74) is 2.68. The SMILES string of the molecule is CNC(=O)c1ccc(C[NH+](C)CC(=O)Nc2cc(NC(C)=O)ccc2OC)cc1. The molecule has 29 heavy (non-hydrogen) atoms. The predicted molar refractivity (Wildman–Crippen MR) is 111 cm³/mol. The number of carbonyl (C=O) groups is 3. The Morgan fingerprint density at radius 2 is 1.72 bits per heavy atom. The lowest BCUT2D eigenvalue weighted by Crippen LogP contribution is -3.08. The number of rotatable bonds is 8. The molecule has 0 aliphatic carbocycles. The summed E-state index contributed by atoms with van der Waals surface area (Å²) in [6.07, 6.45) is 0. The van der Waals surface area contributed by atoms with Crippen LogP contribution in [0.1, 0.15) is 22.8 Å². The Bertz CT molecular complexity index is 881. The van der Waals surface area contributed by atoms with Gasteiger partial charge in [-0.25, -0.2) is 0 Å². The lowest BCUT2D eigenvalue weighted by Gasteiger charge is -2.16. The van der Waals surface area contributed by atoms with Gasteiger partial charge in [-0.2, -0.15) is 0 Å². The molecule has 0 heterocycles. The van der Waals surface area contributed by atoms with E-state index in [1.807, 2.05) is 19.2 Å². The number of amides is 3. The number of hydrogen-bond acceptors (Lipinski definition) is 4. The smallest absolute Gasteiger partial charge is 0.279 e. The number of carbonyl (C=O) groups excluding carboxylic acids is 3. The molecule has 1 atom stereocenters. The molecular weight excluding hydrogens is 372 g/mol. The van der Waals surface area contributed by atoms with Gasteiger partial charge in [0.15, 0.2) is 6.54 Å². The van der Waals surface area contributed by atoms with Crippen molar-refractivity contribution in [2.45, 2.75) is 13.5 Å². The highest BCUT2D eigenvalue weighted by atomic mass is 16.5. The fourth-order valence-electron chi connectivity index (χ4n) is 2.88. The van der Waals surface area contributed by atoms with E-state index in [4.69, 9.17) is 4.74 Å². The third kappa shape index (κ3) is 6.62. The zero-order valence-corrected chi connectivity index (χ0v) is 17.1. The number of hydrogen-bond donors (Lipinski definition) is 4. The van der Waals surface area contributed by atoms with Gasteiger partial charge in [-0.3, -0.25) is 14.4 Å². The minimum Gasteiger partial charge on any atom is -0.495 e. The molecule has 2 rings (SSSR count). The molecular formula is C21H27N4O4+. The van der Waals surface area contributed by atoms with Gasteiger partial charge in [-0.15, -0.1) is 0 Å². The Balaban J connectivity index is 1.97. The van der Waals surface area contributed by atoms with E-state index in [0.717, 1.165) is 10.5 Å². The fourth-order valence-corrected chi connectivity index (χ4v) is 2.88. The largest absolute Gasteiger partial charge is 0.495 e. The Kier molecular flexibility index (Phi) is 7.73. The van der Waals surface area contributed by atoms with Gasteiger partial charge in [0.25, 0.3) is 11.8 Å². The molecule has 3 amide bonds. The molecule has 0 aromatic heterocycles. The van der Waals surface area contributed by atoms with Crippen molar-refractivity contribution in [3.63, 3.8) is 0 Å². The number of nitrogens with one attached hydrogen (secondary N) is 4. The van der Waals surface area contributed by atoms with Crippen LogP contribution in [0.25, 0.3) is 0 Å². The summed E-state index contributed by atoms with van der Waals surface area (Å²) in [7, 11) is 5.02. The third-order valence-corrected chi connectivity index (χ3v) is 4.21. The third-order valence-electron chi connectivity index (χ3n) is 4.21. The second kappa shape index (κ2) is 10.2. The summed E-state index contributed by atoms with van der Waals surface area (Å²) < 4.78 is 5.28. The van der Waals surface area contributed by atoms with E-state index >= 15 is 0 Å². The molecule has 8 heteroatoms. The first-order valence-electron chi connectivity index (χ1n) is 9.20. The van der Waals surface area contributed by atoms with E-state index in [2.05, 4.69) is 16.0 Å². The maximum absolute atomic E-state index is 12.5. The number of quaternary nitrogens is 1. The van der Waals surface area contributed by atoms with E-state index in [0.29, 0.717) is 29.2 Å². The quantitative estimate of drug-likeness (QED) is 0.524. The number of methoxy groups -OCH3 is 1. The Morgan fingerprint density at radius 1 is 1.03 bits per heavy atom. The molecule has 4 N–H and O–H groups in total. The summed E-state index contributed by atoms with van der Waals surface area (Å²) in [6.45, 7) is 2.29. The minimum absolute atomic E-state index is 0.132. The first kappa shape index (κ1) is 21.9. The second-order valence-electron chi connectivity index (χ2n) is 6.73. The normalized spacial score (nSPS) is 11.3. The van der Waals surface area contributed by atoms with Gasteiger partial charge in [-0.05, 0) is 30.3 Å². The van der Waals surface area contributed by atoms with Crippen molar-refractivity contribution in [3.8, 4) is 5.75 Å². The predicted octanol–water partition coefficient (Wildman–Crippen LogP) is 0.667. The highest BCUT2D eigenvalue weighted by Crippen LogP contribution is 2.27. The molecule has 0 saturated heterocycles. The van der Waals surface area contributed by atoms with E-state index in [1.165, 1.54) is 14.0 Å². The fraction of sp³-hybridized carbons (Fsp3) is 0.286. The molecule has 0 saturated carbocycles. The van der Waals surface area contributed by atoms with Crippen molar-refractivity contribution in [3.05, 3.63) is 53.6 Å². The highest BCUT2D eigenvalue weighted by Gasteiger charge is 2.14. The molecule has 154 valence electrons. The van der Waals surface area contributed by atoms with Gasteiger partial charge >= 0.3 is 0 Å². The van der Waals surface area contributed by atoms with Gasteiger partial charge in [0.2, 0.25) is 5.91 Å². The van der Waals surface area contributed by atoms with Crippen LogP contribution >= 0.6 is 0 Å². The minimum atomic E-state index is -0.195. The molecule has 0 aliphatic heterocycles. The summed E-state index contributed by atoms with van der Waals surface area (Å²) in [6, 6.07) is 12.3. The van der Waals surface area contributed by atoms with Gasteiger partial charge < -0.3 is 25.6 Å². The zero-order valence-electron chi connectivity index (χ0n) is 17.1. The number of ether oxygens (including phenoxy) is 1. The standard InChI is InChI=1S/C21H26N4O4/c1-14(26)23-17-9-10-19(29-4)18(11-17)24-20(27)13-25(3)12-15-5-7-16(8-6-15)21(28)22-2/h5-11H,12-13H2,1-4H3,(H,22,28)(H,23,26)(H,24,27)/p+1. The average Bonchev–Trinajstić information content (AvgIpc) is 2.67. The van der Waals surface area contributed by atoms with Gasteiger partial charge in [0.05, 0.1) is 19.8 Å². The molecule has 2 aromatic carbocycles. The van der Waals surface area contributed by atoms with Crippen LogP contribution in [0.4, 0.5) is 11.4 Å². The summed E-state index contributed by atoms with van der Waals surface area (Å²) in [5.74, 6) is 0.00350. The average molecular weight is 399 g/mol.